The van der Waals surface area contributed by atoms with Gasteiger partial charge in [0.2, 0.25) is 5.91 Å². The van der Waals surface area contributed by atoms with E-state index in [-0.39, 0.29) is 35.6 Å². The molecule has 0 radical (unpaired) electrons. The summed E-state index contributed by atoms with van der Waals surface area (Å²) in [4.78, 5) is 14.8. The van der Waals surface area contributed by atoms with Gasteiger partial charge in [0.15, 0.2) is 9.84 Å². The second-order valence-electron chi connectivity index (χ2n) is 8.39. The summed E-state index contributed by atoms with van der Waals surface area (Å²) in [6.07, 6.45) is 4.46. The van der Waals surface area contributed by atoms with Crippen LogP contribution in [0, 0.1) is 5.92 Å². The fourth-order valence-corrected chi connectivity index (χ4v) is 6.19. The molecule has 2 heterocycles. The third-order valence-electron chi connectivity index (χ3n) is 6.38. The van der Waals surface area contributed by atoms with Crippen molar-refractivity contribution in [1.82, 2.24) is 31.5 Å². The van der Waals surface area contributed by atoms with E-state index in [2.05, 4.69) is 38.4 Å². The third kappa shape index (κ3) is 5.03. The van der Waals surface area contributed by atoms with Crippen molar-refractivity contribution in [3.8, 4) is 0 Å². The van der Waals surface area contributed by atoms with E-state index in [0.717, 1.165) is 38.9 Å². The first kappa shape index (κ1) is 21.9. The minimum atomic E-state index is -3.14. The number of nitrogens with zero attached hydrogens (tertiary/aromatic N) is 1. The average Bonchev–Trinajstić information content (AvgIpc) is 2.67. The molecule has 0 aromatic rings. The molecule has 6 unspecified atom stereocenters. The molecule has 0 bridgehead atoms. The number of sulfone groups is 1. The zero-order chi connectivity index (χ0) is 20.3. The van der Waals surface area contributed by atoms with E-state index in [1.165, 1.54) is 6.26 Å². The standard InChI is InChI=1S/C18H36N6O3S/c1-12-10-20-8-9-24(12)18-21-11-13(17(25)19-2)16(23-18)22-14-6-4-5-7-15(14)28(3,26)27/h12-16,18,20-23H,4-11H2,1-3H3,(H,19,25). The van der Waals surface area contributed by atoms with E-state index in [1.807, 2.05) is 0 Å². The molecule has 2 saturated heterocycles. The van der Waals surface area contributed by atoms with Crippen molar-refractivity contribution in [3.05, 3.63) is 0 Å². The van der Waals surface area contributed by atoms with Gasteiger partial charge in [0.1, 0.15) is 6.29 Å². The van der Waals surface area contributed by atoms with Crippen molar-refractivity contribution in [2.24, 2.45) is 5.92 Å². The molecule has 2 aliphatic heterocycles. The van der Waals surface area contributed by atoms with E-state index in [9.17, 15) is 13.2 Å². The van der Waals surface area contributed by atoms with E-state index < -0.39 is 9.84 Å². The molecule has 0 spiro atoms. The smallest absolute Gasteiger partial charge is 0.227 e. The molecule has 0 aromatic carbocycles. The largest absolute Gasteiger partial charge is 0.359 e. The first-order valence-corrected chi connectivity index (χ1v) is 12.4. The Morgan fingerprint density at radius 2 is 1.93 bits per heavy atom. The summed E-state index contributed by atoms with van der Waals surface area (Å²) in [6, 6.07) is 0.238. The van der Waals surface area contributed by atoms with Crippen molar-refractivity contribution in [3.63, 3.8) is 0 Å². The van der Waals surface area contributed by atoms with Gasteiger partial charge >= 0.3 is 0 Å². The molecular formula is C18H36N6O3S. The summed E-state index contributed by atoms with van der Waals surface area (Å²) < 4.78 is 24.6. The molecule has 162 valence electrons. The summed E-state index contributed by atoms with van der Waals surface area (Å²) in [5.74, 6) is -0.349. The van der Waals surface area contributed by atoms with Crippen molar-refractivity contribution in [2.75, 3.05) is 39.5 Å². The summed E-state index contributed by atoms with van der Waals surface area (Å²) in [7, 11) is -1.49. The van der Waals surface area contributed by atoms with Gasteiger partial charge in [-0.3, -0.25) is 25.6 Å². The molecule has 1 saturated carbocycles. The van der Waals surface area contributed by atoms with Crippen LogP contribution in [0.25, 0.3) is 0 Å². The third-order valence-corrected chi connectivity index (χ3v) is 8.05. The van der Waals surface area contributed by atoms with E-state index in [4.69, 9.17) is 0 Å². The molecular weight excluding hydrogens is 380 g/mol. The second kappa shape index (κ2) is 9.36. The fraction of sp³-hybridized carbons (Fsp3) is 0.944. The number of nitrogens with one attached hydrogen (secondary N) is 5. The lowest BCUT2D eigenvalue weighted by atomic mass is 9.93. The molecule has 10 heteroatoms. The molecule has 3 rings (SSSR count). The van der Waals surface area contributed by atoms with Crippen LogP contribution in [0.3, 0.4) is 0 Å². The molecule has 6 atom stereocenters. The summed E-state index contributed by atoms with van der Waals surface area (Å²) in [5, 5.41) is 16.3. The summed E-state index contributed by atoms with van der Waals surface area (Å²) in [5.41, 5.74) is 0. The van der Waals surface area contributed by atoms with Gasteiger partial charge in [-0.25, -0.2) is 8.42 Å². The number of amides is 1. The SMILES string of the molecule is CNC(=O)C1CNC(N2CCNCC2C)NC1NC1CCCCC1S(C)(=O)=O. The van der Waals surface area contributed by atoms with Crippen LogP contribution in [0.15, 0.2) is 0 Å². The fourth-order valence-electron chi connectivity index (χ4n) is 4.78. The van der Waals surface area contributed by atoms with Crippen LogP contribution < -0.4 is 26.6 Å². The lowest BCUT2D eigenvalue weighted by Crippen LogP contribution is -2.74. The molecule has 1 aliphatic carbocycles. The Hall–Kier alpha value is -0.780. The minimum Gasteiger partial charge on any atom is -0.359 e. The van der Waals surface area contributed by atoms with Gasteiger partial charge in [-0.05, 0) is 19.8 Å². The highest BCUT2D eigenvalue weighted by Crippen LogP contribution is 2.25. The predicted octanol–water partition coefficient (Wildman–Crippen LogP) is -1.61. The topological polar surface area (TPSA) is 115 Å². The molecule has 28 heavy (non-hydrogen) atoms. The average molecular weight is 417 g/mol. The highest BCUT2D eigenvalue weighted by atomic mass is 32.2. The first-order chi connectivity index (χ1) is 13.3. The van der Waals surface area contributed by atoms with Crippen molar-refractivity contribution < 1.29 is 13.2 Å². The maximum absolute atomic E-state index is 12.5. The van der Waals surface area contributed by atoms with Crippen LogP contribution in [-0.4, -0.2) is 88.5 Å². The summed E-state index contributed by atoms with van der Waals surface area (Å²) in [6.45, 7) is 5.50. The van der Waals surface area contributed by atoms with Crippen LogP contribution in [0.4, 0.5) is 0 Å². The van der Waals surface area contributed by atoms with Gasteiger partial charge in [0.05, 0.1) is 17.3 Å². The lowest BCUT2D eigenvalue weighted by molar-refractivity contribution is -0.127. The molecule has 3 fully saturated rings. The number of carbonyl (C=O) groups is 1. The number of piperazine rings is 1. The number of hydrogen-bond donors (Lipinski definition) is 5. The molecule has 1 amide bonds. The van der Waals surface area contributed by atoms with Crippen LogP contribution in [0.5, 0.6) is 0 Å². The predicted molar refractivity (Wildman–Crippen MR) is 109 cm³/mol. The maximum Gasteiger partial charge on any atom is 0.227 e. The number of hydrogen-bond acceptors (Lipinski definition) is 8. The maximum atomic E-state index is 12.5. The monoisotopic (exact) mass is 416 g/mol. The van der Waals surface area contributed by atoms with Gasteiger partial charge < -0.3 is 10.6 Å². The van der Waals surface area contributed by atoms with Crippen molar-refractivity contribution in [1.29, 1.82) is 0 Å². The lowest BCUT2D eigenvalue weighted by Gasteiger charge is -2.47. The number of carbonyl (C=O) groups excluding carboxylic acids is 1. The molecule has 9 nitrogen and oxygen atoms in total. The van der Waals surface area contributed by atoms with Crippen LogP contribution >= 0.6 is 0 Å². The Kier molecular flexibility index (Phi) is 7.32. The van der Waals surface area contributed by atoms with E-state index >= 15 is 0 Å². The van der Waals surface area contributed by atoms with Crippen LogP contribution in [-0.2, 0) is 14.6 Å². The molecule has 3 aliphatic rings. The van der Waals surface area contributed by atoms with E-state index in [1.54, 1.807) is 7.05 Å². The Balaban J connectivity index is 1.75. The number of rotatable bonds is 5. The zero-order valence-corrected chi connectivity index (χ0v) is 18.0. The van der Waals surface area contributed by atoms with Gasteiger partial charge in [0, 0.05) is 51.6 Å². The van der Waals surface area contributed by atoms with Gasteiger partial charge in [-0.1, -0.05) is 12.8 Å². The quantitative estimate of drug-likeness (QED) is 0.364. The van der Waals surface area contributed by atoms with Gasteiger partial charge in [-0.2, -0.15) is 0 Å². The minimum absolute atomic E-state index is 0.0453. The Morgan fingerprint density at radius 3 is 2.61 bits per heavy atom. The normalized spacial score (nSPS) is 38.1. The van der Waals surface area contributed by atoms with Gasteiger partial charge in [-0.15, -0.1) is 0 Å². The van der Waals surface area contributed by atoms with E-state index in [0.29, 0.717) is 19.0 Å². The van der Waals surface area contributed by atoms with Crippen molar-refractivity contribution >= 4 is 15.7 Å². The molecule has 5 N–H and O–H groups in total. The van der Waals surface area contributed by atoms with Gasteiger partial charge in [0.25, 0.3) is 0 Å². The van der Waals surface area contributed by atoms with Crippen LogP contribution in [0.2, 0.25) is 0 Å². The Labute approximate surface area is 168 Å². The summed E-state index contributed by atoms with van der Waals surface area (Å²) >= 11 is 0. The Bertz CT molecular complexity index is 645. The first-order valence-electron chi connectivity index (χ1n) is 10.4. The zero-order valence-electron chi connectivity index (χ0n) is 17.2. The highest BCUT2D eigenvalue weighted by molar-refractivity contribution is 7.91. The van der Waals surface area contributed by atoms with Crippen molar-refractivity contribution in [2.45, 2.75) is 62.4 Å². The molecule has 0 aromatic heterocycles. The highest BCUT2D eigenvalue weighted by Gasteiger charge is 2.41. The van der Waals surface area contributed by atoms with Crippen LogP contribution in [0.1, 0.15) is 32.6 Å². The second-order valence-corrected chi connectivity index (χ2v) is 10.7. The Morgan fingerprint density at radius 1 is 1.18 bits per heavy atom.